The van der Waals surface area contributed by atoms with Crippen molar-refractivity contribution in [2.24, 2.45) is 4.99 Å². The first-order valence-electron chi connectivity index (χ1n) is 12.2. The van der Waals surface area contributed by atoms with Crippen LogP contribution in [0.15, 0.2) is 53.5 Å². The number of carbonyl (C=O) groups is 2. The molecule has 4 rings (SSSR count). The zero-order chi connectivity index (χ0) is 29.5. The van der Waals surface area contributed by atoms with Crippen LogP contribution < -0.4 is 10.2 Å². The van der Waals surface area contributed by atoms with Gasteiger partial charge in [-0.1, -0.05) is 53.7 Å². The summed E-state index contributed by atoms with van der Waals surface area (Å²) < 4.78 is 70.9. The topological polar surface area (TPSA) is 105 Å². The van der Waals surface area contributed by atoms with Crippen LogP contribution in [0.2, 0.25) is 5.02 Å². The molecule has 2 saturated heterocycles. The van der Waals surface area contributed by atoms with Crippen LogP contribution in [0.25, 0.3) is 0 Å². The Morgan fingerprint density at radius 1 is 1.15 bits per heavy atom. The molecule has 8 nitrogen and oxygen atoms in total. The summed E-state index contributed by atoms with van der Waals surface area (Å²) in [5.41, 5.74) is -1.20. The van der Waals surface area contributed by atoms with Crippen LogP contribution in [-0.4, -0.2) is 60.0 Å². The number of ether oxygens (including phenoxy) is 1. The van der Waals surface area contributed by atoms with Gasteiger partial charge in [-0.25, -0.2) is 13.2 Å². The number of thioether (sulfide) groups is 1. The van der Waals surface area contributed by atoms with E-state index >= 15 is 0 Å². The molecule has 0 radical (unpaired) electrons. The zero-order valence-electron chi connectivity index (χ0n) is 21.7. The molecule has 2 amide bonds. The number of aliphatic imine (C=N–C) groups is 1. The number of nitrogens with zero attached hydrogens (tertiary/aromatic N) is 2. The third-order valence-corrected chi connectivity index (χ3v) is 9.62. The fraction of sp³-hybridized carbons (Fsp3) is 0.423. The van der Waals surface area contributed by atoms with E-state index in [0.29, 0.717) is 0 Å². The standard InChI is InChI=1S/C26H27ClF3N3O5S2/c1-25(2,3)38-24(35)31-19(11-15-7-5-4-6-8-15)22(34)32-23-33(20-13-40(36,37)14-21(20)39-23)16-9-10-18(27)17(12-16)26(28,29)30/h4-10,12,19-21H,11,13-14H2,1-3H3,(H,31,35)/t19-,20-,21+/m1/s1. The quantitative estimate of drug-likeness (QED) is 0.498. The van der Waals surface area contributed by atoms with Crippen molar-refractivity contribution in [3.63, 3.8) is 0 Å². The number of anilines is 1. The highest BCUT2D eigenvalue weighted by atomic mass is 35.5. The van der Waals surface area contributed by atoms with E-state index in [0.717, 1.165) is 29.5 Å². The molecule has 0 aromatic heterocycles. The lowest BCUT2D eigenvalue weighted by atomic mass is 10.1. The molecule has 2 aromatic carbocycles. The molecular weight excluding hydrogens is 591 g/mol. The number of alkyl halides is 3. The molecule has 14 heteroatoms. The van der Waals surface area contributed by atoms with Gasteiger partial charge in [-0.15, -0.1) is 0 Å². The minimum atomic E-state index is -4.76. The van der Waals surface area contributed by atoms with Crippen molar-refractivity contribution in [3.8, 4) is 0 Å². The van der Waals surface area contributed by atoms with Crippen LogP contribution in [0.5, 0.6) is 0 Å². The molecule has 0 saturated carbocycles. The van der Waals surface area contributed by atoms with Crippen LogP contribution in [0, 0.1) is 0 Å². The molecule has 40 heavy (non-hydrogen) atoms. The highest BCUT2D eigenvalue weighted by molar-refractivity contribution is 8.16. The molecule has 3 atom stereocenters. The van der Waals surface area contributed by atoms with E-state index in [1.807, 2.05) is 0 Å². The lowest BCUT2D eigenvalue weighted by molar-refractivity contribution is -0.137. The van der Waals surface area contributed by atoms with Crippen molar-refractivity contribution in [2.45, 2.75) is 56.3 Å². The average molecular weight is 618 g/mol. The second-order valence-electron chi connectivity index (χ2n) is 10.5. The first-order chi connectivity index (χ1) is 18.5. The number of benzene rings is 2. The second kappa shape index (κ2) is 11.2. The van der Waals surface area contributed by atoms with E-state index in [4.69, 9.17) is 16.3 Å². The van der Waals surface area contributed by atoms with Gasteiger partial charge in [-0.2, -0.15) is 18.2 Å². The Kier molecular flexibility index (Phi) is 8.49. The maximum Gasteiger partial charge on any atom is 0.417 e. The van der Waals surface area contributed by atoms with E-state index in [1.165, 1.54) is 11.0 Å². The van der Waals surface area contributed by atoms with Gasteiger partial charge in [0.25, 0.3) is 5.91 Å². The molecule has 2 aliphatic heterocycles. The van der Waals surface area contributed by atoms with Gasteiger partial charge < -0.3 is 15.0 Å². The highest BCUT2D eigenvalue weighted by Crippen LogP contribution is 2.43. The Bertz CT molecular complexity index is 1430. The summed E-state index contributed by atoms with van der Waals surface area (Å²) in [6, 6.07) is 10.2. The number of fused-ring (bicyclic) bond motifs is 1. The maximum absolute atomic E-state index is 13.6. The van der Waals surface area contributed by atoms with Gasteiger partial charge in [0.05, 0.1) is 28.1 Å². The Hall–Kier alpha value is -2.77. The largest absolute Gasteiger partial charge is 0.444 e. The molecule has 2 aromatic rings. The Labute approximate surface area is 239 Å². The summed E-state index contributed by atoms with van der Waals surface area (Å²) >= 11 is 6.80. The van der Waals surface area contributed by atoms with Crippen molar-refractivity contribution in [1.29, 1.82) is 0 Å². The van der Waals surface area contributed by atoms with E-state index in [1.54, 1.807) is 51.1 Å². The number of rotatable bonds is 5. The van der Waals surface area contributed by atoms with Gasteiger partial charge in [0, 0.05) is 17.4 Å². The fourth-order valence-corrected chi connectivity index (χ4v) is 8.56. The van der Waals surface area contributed by atoms with Gasteiger partial charge in [0.2, 0.25) is 0 Å². The molecule has 0 unspecified atom stereocenters. The summed E-state index contributed by atoms with van der Waals surface area (Å²) in [6.07, 6.45) is -5.53. The normalized spacial score (nSPS) is 22.2. The molecular formula is C26H27ClF3N3O5S2. The number of hydrogen-bond acceptors (Lipinski definition) is 6. The van der Waals surface area contributed by atoms with Gasteiger partial charge in [-0.05, 0) is 44.5 Å². The summed E-state index contributed by atoms with van der Waals surface area (Å²) in [5, 5.41) is 1.51. The number of amides is 2. The minimum absolute atomic E-state index is 0.0000795. The first kappa shape index (κ1) is 30.2. The lowest BCUT2D eigenvalue weighted by Crippen LogP contribution is -2.45. The first-order valence-corrected chi connectivity index (χ1v) is 15.3. The molecule has 2 aliphatic rings. The van der Waals surface area contributed by atoms with Crippen molar-refractivity contribution in [3.05, 3.63) is 64.7 Å². The van der Waals surface area contributed by atoms with Crippen LogP contribution >= 0.6 is 23.4 Å². The number of halogens is 4. The molecule has 0 bridgehead atoms. The summed E-state index contributed by atoms with van der Waals surface area (Å²) in [4.78, 5) is 31.6. The molecule has 2 heterocycles. The number of alkyl carbamates (subject to hydrolysis) is 1. The smallest absolute Gasteiger partial charge is 0.417 e. The second-order valence-corrected chi connectivity index (χ2v) is 14.2. The minimum Gasteiger partial charge on any atom is -0.444 e. The van der Waals surface area contributed by atoms with E-state index in [9.17, 15) is 31.2 Å². The lowest BCUT2D eigenvalue weighted by Gasteiger charge is -2.26. The SMILES string of the molecule is CC(C)(C)OC(=O)N[C@H](Cc1ccccc1)C(=O)N=C1S[C@H]2CS(=O)(=O)C[C@H]2N1c1ccc(Cl)c(C(F)(F)F)c1. The third kappa shape index (κ3) is 7.29. The van der Waals surface area contributed by atoms with Crippen molar-refractivity contribution in [2.75, 3.05) is 16.4 Å². The summed E-state index contributed by atoms with van der Waals surface area (Å²) in [5.74, 6) is -1.30. The van der Waals surface area contributed by atoms with Gasteiger partial charge in [0.1, 0.15) is 11.6 Å². The number of carbonyl (C=O) groups excluding carboxylic acids is 2. The average Bonchev–Trinajstić information content (AvgIpc) is 3.28. The Morgan fingerprint density at radius 2 is 1.82 bits per heavy atom. The molecule has 0 aliphatic carbocycles. The van der Waals surface area contributed by atoms with E-state index in [2.05, 4.69) is 10.3 Å². The summed E-state index contributed by atoms with van der Waals surface area (Å²) in [6.45, 7) is 5.01. The zero-order valence-corrected chi connectivity index (χ0v) is 24.1. The van der Waals surface area contributed by atoms with Crippen molar-refractivity contribution >= 4 is 56.1 Å². The van der Waals surface area contributed by atoms with Gasteiger partial charge >= 0.3 is 12.3 Å². The molecule has 0 spiro atoms. The van der Waals surface area contributed by atoms with Crippen LogP contribution in [-0.2, 0) is 32.0 Å². The number of amidine groups is 1. The Balaban J connectivity index is 1.71. The molecule has 2 fully saturated rings. The molecule has 1 N–H and O–H groups in total. The number of nitrogens with one attached hydrogen (secondary N) is 1. The van der Waals surface area contributed by atoms with Crippen molar-refractivity contribution in [1.82, 2.24) is 5.32 Å². The maximum atomic E-state index is 13.6. The van der Waals surface area contributed by atoms with Crippen LogP contribution in [0.1, 0.15) is 31.9 Å². The fourth-order valence-electron chi connectivity index (χ4n) is 4.42. The predicted octanol–water partition coefficient (Wildman–Crippen LogP) is 5.10. The van der Waals surface area contributed by atoms with Crippen LogP contribution in [0.3, 0.4) is 0 Å². The third-order valence-electron chi connectivity index (χ3n) is 6.08. The number of hydrogen-bond donors (Lipinski definition) is 1. The monoisotopic (exact) mass is 617 g/mol. The molecule has 216 valence electrons. The van der Waals surface area contributed by atoms with Crippen molar-refractivity contribution < 1.29 is 35.9 Å². The van der Waals surface area contributed by atoms with Crippen LogP contribution in [0.4, 0.5) is 23.7 Å². The van der Waals surface area contributed by atoms with E-state index in [-0.39, 0.29) is 28.8 Å². The predicted molar refractivity (Wildman–Crippen MR) is 148 cm³/mol. The Morgan fingerprint density at radius 3 is 2.45 bits per heavy atom. The van der Waals surface area contributed by atoms with E-state index < -0.39 is 61.5 Å². The summed E-state index contributed by atoms with van der Waals surface area (Å²) in [7, 11) is -3.46. The number of sulfone groups is 1. The van der Waals surface area contributed by atoms with Gasteiger partial charge in [-0.3, -0.25) is 4.79 Å². The van der Waals surface area contributed by atoms with Gasteiger partial charge in [0.15, 0.2) is 15.0 Å². The highest BCUT2D eigenvalue weighted by Gasteiger charge is 2.50.